The second kappa shape index (κ2) is 8.75. The van der Waals surface area contributed by atoms with E-state index in [-0.39, 0.29) is 5.91 Å². The number of rotatable bonds is 5. The Morgan fingerprint density at radius 1 is 1.14 bits per heavy atom. The molecule has 0 saturated carbocycles. The number of halogens is 1. The Balaban J connectivity index is 1.50. The summed E-state index contributed by atoms with van der Waals surface area (Å²) in [5.74, 6) is 0.103. The standard InChI is InChI=1S/C27H25FN6O2/c1-3-33-15-30-25-20(14-31-32-26(25)33)16-6-7-22(28)17(10-16)19-11-18-21(27(35)34-8-4-5-9-34)13-29-23(18)12-24(19)36-2/h6-7,10-15,29H,3-5,8-9H2,1-2H3. The van der Waals surface area contributed by atoms with Gasteiger partial charge in [0, 0.05) is 59.5 Å². The highest BCUT2D eigenvalue weighted by atomic mass is 19.1. The fourth-order valence-corrected chi connectivity index (χ4v) is 5.01. The molecule has 1 saturated heterocycles. The number of hydrogen-bond acceptors (Lipinski definition) is 5. The lowest BCUT2D eigenvalue weighted by atomic mass is 9.96. The maximum Gasteiger partial charge on any atom is 0.256 e. The smallest absolute Gasteiger partial charge is 0.256 e. The Morgan fingerprint density at radius 3 is 2.75 bits per heavy atom. The van der Waals surface area contributed by atoms with Crippen molar-refractivity contribution in [1.82, 2.24) is 29.6 Å². The molecule has 0 radical (unpaired) electrons. The van der Waals surface area contributed by atoms with Crippen LogP contribution in [0.15, 0.2) is 49.1 Å². The number of carbonyl (C=O) groups excluding carboxylic acids is 1. The summed E-state index contributed by atoms with van der Waals surface area (Å²) in [6.45, 7) is 4.24. The average Bonchev–Trinajstić information content (AvgIpc) is 3.67. The molecule has 5 aromatic rings. The van der Waals surface area contributed by atoms with Crippen molar-refractivity contribution in [3.8, 4) is 28.0 Å². The lowest BCUT2D eigenvalue weighted by molar-refractivity contribution is 0.0795. The first-order valence-electron chi connectivity index (χ1n) is 12.0. The highest BCUT2D eigenvalue weighted by molar-refractivity contribution is 6.08. The third-order valence-electron chi connectivity index (χ3n) is 6.94. The first-order chi connectivity index (χ1) is 17.6. The Labute approximate surface area is 206 Å². The van der Waals surface area contributed by atoms with E-state index in [2.05, 4.69) is 20.2 Å². The Hall–Kier alpha value is -4.27. The number of fused-ring (bicyclic) bond motifs is 2. The quantitative estimate of drug-likeness (QED) is 0.377. The number of likely N-dealkylation sites (tertiary alicyclic amines) is 1. The van der Waals surface area contributed by atoms with Crippen LogP contribution in [0.1, 0.15) is 30.1 Å². The molecule has 0 aliphatic carbocycles. The van der Waals surface area contributed by atoms with Gasteiger partial charge in [0.1, 0.15) is 17.1 Å². The summed E-state index contributed by atoms with van der Waals surface area (Å²) >= 11 is 0. The van der Waals surface area contributed by atoms with E-state index in [9.17, 15) is 4.79 Å². The highest BCUT2D eigenvalue weighted by Crippen LogP contribution is 2.39. The van der Waals surface area contributed by atoms with Crippen LogP contribution in [-0.2, 0) is 6.54 Å². The summed E-state index contributed by atoms with van der Waals surface area (Å²) in [7, 11) is 1.55. The molecule has 0 spiro atoms. The van der Waals surface area contributed by atoms with Crippen LogP contribution >= 0.6 is 0 Å². The van der Waals surface area contributed by atoms with Crippen molar-refractivity contribution < 1.29 is 13.9 Å². The number of aromatic nitrogens is 5. The minimum absolute atomic E-state index is 0.0131. The molecular weight excluding hydrogens is 459 g/mol. The Bertz CT molecular complexity index is 1620. The van der Waals surface area contributed by atoms with Gasteiger partial charge in [0.2, 0.25) is 0 Å². The van der Waals surface area contributed by atoms with Crippen molar-refractivity contribution in [2.24, 2.45) is 0 Å². The van der Waals surface area contributed by atoms with Crippen LogP contribution in [0.2, 0.25) is 0 Å². The van der Waals surface area contributed by atoms with E-state index >= 15 is 4.39 Å². The number of aromatic amines is 1. The van der Waals surface area contributed by atoms with E-state index in [0.717, 1.165) is 54.5 Å². The van der Waals surface area contributed by atoms with Crippen molar-refractivity contribution in [3.05, 3.63) is 60.4 Å². The molecule has 2 aromatic carbocycles. The number of nitrogens with one attached hydrogen (secondary N) is 1. The minimum Gasteiger partial charge on any atom is -0.496 e. The maximum absolute atomic E-state index is 15.3. The Kier molecular flexibility index (Phi) is 5.40. The normalized spacial score (nSPS) is 13.7. The van der Waals surface area contributed by atoms with Crippen molar-refractivity contribution in [3.63, 3.8) is 0 Å². The third-order valence-corrected chi connectivity index (χ3v) is 6.94. The van der Waals surface area contributed by atoms with Crippen LogP contribution in [0.4, 0.5) is 4.39 Å². The van der Waals surface area contributed by atoms with Crippen LogP contribution in [0.5, 0.6) is 5.75 Å². The van der Waals surface area contributed by atoms with Gasteiger partial charge in [-0.1, -0.05) is 6.07 Å². The zero-order valence-electron chi connectivity index (χ0n) is 20.1. The maximum atomic E-state index is 15.3. The summed E-state index contributed by atoms with van der Waals surface area (Å²) in [5, 5.41) is 9.12. The fourth-order valence-electron chi connectivity index (χ4n) is 5.01. The van der Waals surface area contributed by atoms with E-state index in [1.807, 2.05) is 28.5 Å². The molecule has 9 heteroatoms. The molecule has 4 heterocycles. The predicted octanol–water partition coefficient (Wildman–Crippen LogP) is 5.05. The summed E-state index contributed by atoms with van der Waals surface area (Å²) < 4.78 is 22.9. The van der Waals surface area contributed by atoms with Crippen molar-refractivity contribution in [2.75, 3.05) is 20.2 Å². The second-order valence-corrected chi connectivity index (χ2v) is 8.96. The molecule has 8 nitrogen and oxygen atoms in total. The molecule has 1 aliphatic heterocycles. The molecule has 6 rings (SSSR count). The van der Waals surface area contributed by atoms with E-state index in [0.29, 0.717) is 33.6 Å². The second-order valence-electron chi connectivity index (χ2n) is 8.96. The van der Waals surface area contributed by atoms with Gasteiger partial charge >= 0.3 is 0 Å². The number of imidazole rings is 1. The molecule has 0 bridgehead atoms. The molecule has 36 heavy (non-hydrogen) atoms. The van der Waals surface area contributed by atoms with Crippen LogP contribution in [0, 0.1) is 5.82 Å². The van der Waals surface area contributed by atoms with Gasteiger partial charge in [0.15, 0.2) is 5.65 Å². The number of nitrogens with zero attached hydrogens (tertiary/aromatic N) is 5. The number of amides is 1. The van der Waals surface area contributed by atoms with Gasteiger partial charge in [-0.2, -0.15) is 5.10 Å². The van der Waals surface area contributed by atoms with E-state index in [1.165, 1.54) is 6.07 Å². The van der Waals surface area contributed by atoms with Gasteiger partial charge in [0.05, 0.1) is 25.2 Å². The molecule has 1 aliphatic rings. The summed E-state index contributed by atoms with van der Waals surface area (Å²) in [6.07, 6.45) is 7.13. The molecule has 1 fully saturated rings. The summed E-state index contributed by atoms with van der Waals surface area (Å²) in [6, 6.07) is 8.57. The van der Waals surface area contributed by atoms with Gasteiger partial charge < -0.3 is 19.2 Å². The largest absolute Gasteiger partial charge is 0.496 e. The van der Waals surface area contributed by atoms with Gasteiger partial charge in [-0.15, -0.1) is 5.10 Å². The van der Waals surface area contributed by atoms with Crippen molar-refractivity contribution in [1.29, 1.82) is 0 Å². The number of methoxy groups -OCH3 is 1. The topological polar surface area (TPSA) is 88.9 Å². The van der Waals surface area contributed by atoms with Crippen LogP contribution < -0.4 is 4.74 Å². The van der Waals surface area contributed by atoms with Gasteiger partial charge in [0.25, 0.3) is 5.91 Å². The van der Waals surface area contributed by atoms with E-state index in [4.69, 9.17) is 4.74 Å². The monoisotopic (exact) mass is 484 g/mol. The zero-order chi connectivity index (χ0) is 24.8. The van der Waals surface area contributed by atoms with Crippen LogP contribution in [0.3, 0.4) is 0 Å². The van der Waals surface area contributed by atoms with E-state index in [1.54, 1.807) is 38.0 Å². The molecule has 1 amide bonds. The van der Waals surface area contributed by atoms with Gasteiger partial charge in [-0.3, -0.25) is 4.79 Å². The van der Waals surface area contributed by atoms with Crippen LogP contribution in [0.25, 0.3) is 44.3 Å². The number of benzene rings is 2. The van der Waals surface area contributed by atoms with Gasteiger partial charge in [-0.25, -0.2) is 9.37 Å². The molecular formula is C27H25FN6O2. The first kappa shape index (κ1) is 22.2. The molecule has 182 valence electrons. The van der Waals surface area contributed by atoms with Crippen molar-refractivity contribution >= 4 is 28.0 Å². The molecule has 0 atom stereocenters. The zero-order valence-corrected chi connectivity index (χ0v) is 20.1. The number of aryl methyl sites for hydroxylation is 1. The summed E-state index contributed by atoms with van der Waals surface area (Å²) in [4.78, 5) is 22.7. The third kappa shape index (κ3) is 3.50. The summed E-state index contributed by atoms with van der Waals surface area (Å²) in [5.41, 5.74) is 5.19. The lowest BCUT2D eigenvalue weighted by Crippen LogP contribution is -2.27. The fraction of sp³-hybridized carbons (Fsp3) is 0.259. The first-order valence-corrected chi connectivity index (χ1v) is 12.0. The van der Waals surface area contributed by atoms with Gasteiger partial charge in [-0.05, 0) is 43.5 Å². The molecule has 0 unspecified atom stereocenters. The number of carbonyl (C=O) groups is 1. The van der Waals surface area contributed by atoms with Crippen molar-refractivity contribution in [2.45, 2.75) is 26.3 Å². The Morgan fingerprint density at radius 2 is 1.97 bits per heavy atom. The lowest BCUT2D eigenvalue weighted by Gasteiger charge is -2.15. The highest BCUT2D eigenvalue weighted by Gasteiger charge is 2.24. The predicted molar refractivity (Wildman–Crippen MR) is 135 cm³/mol. The molecule has 1 N–H and O–H groups in total. The van der Waals surface area contributed by atoms with E-state index < -0.39 is 5.82 Å². The minimum atomic E-state index is -0.392. The number of H-pyrrole nitrogens is 1. The van der Waals surface area contributed by atoms with Crippen LogP contribution in [-0.4, -0.2) is 55.7 Å². The number of ether oxygens (including phenoxy) is 1. The average molecular weight is 485 g/mol. The number of hydrogen-bond donors (Lipinski definition) is 1. The molecule has 3 aromatic heterocycles. The SMILES string of the molecule is CCn1cnc2c(-c3ccc(F)c(-c4cc5c(C(=O)N6CCCC6)c[nH]c5cc4OC)c3)cnnc21.